The molecule has 0 radical (unpaired) electrons. The Balaban J connectivity index is 2.50. The van der Waals surface area contributed by atoms with E-state index >= 15 is 0 Å². The molecule has 0 unspecified atom stereocenters. The van der Waals surface area contributed by atoms with E-state index in [4.69, 9.17) is 14.7 Å². The Hall–Kier alpha value is -2.52. The summed E-state index contributed by atoms with van der Waals surface area (Å²) in [5.41, 5.74) is 0.289. The molecule has 2 aromatic rings. The van der Waals surface area contributed by atoms with E-state index in [-0.39, 0.29) is 17.1 Å². The van der Waals surface area contributed by atoms with Crippen LogP contribution in [-0.2, 0) is 0 Å². The molecular formula is C15H10BrNO4. The summed E-state index contributed by atoms with van der Waals surface area (Å²) in [5, 5.41) is 18.3. The molecule has 5 nitrogen and oxygen atoms in total. The molecule has 2 aromatic carbocycles. The van der Waals surface area contributed by atoms with Gasteiger partial charge in [-0.15, -0.1) is 0 Å². The number of methoxy groups -OCH3 is 1. The topological polar surface area (TPSA) is 79.6 Å². The van der Waals surface area contributed by atoms with Crippen molar-refractivity contribution in [3.05, 3.63) is 52.0 Å². The van der Waals surface area contributed by atoms with Gasteiger partial charge in [-0.3, -0.25) is 0 Å². The molecule has 0 amide bonds. The molecule has 0 aliphatic rings. The molecule has 6 heteroatoms. The maximum atomic E-state index is 11.2. The molecule has 0 aliphatic heterocycles. The van der Waals surface area contributed by atoms with Crippen LogP contribution in [0.5, 0.6) is 17.2 Å². The summed E-state index contributed by atoms with van der Waals surface area (Å²) >= 11 is 3.28. The van der Waals surface area contributed by atoms with Gasteiger partial charge in [0.25, 0.3) is 0 Å². The molecule has 0 saturated carbocycles. The molecular weight excluding hydrogens is 338 g/mol. The molecule has 0 saturated heterocycles. The lowest BCUT2D eigenvalue weighted by Crippen LogP contribution is -2.01. The fourth-order valence-corrected chi connectivity index (χ4v) is 2.02. The van der Waals surface area contributed by atoms with E-state index in [1.54, 1.807) is 18.2 Å². The minimum absolute atomic E-state index is 0.0142. The Morgan fingerprint density at radius 2 is 2.00 bits per heavy atom. The first-order chi connectivity index (χ1) is 10.0. The molecule has 0 heterocycles. The van der Waals surface area contributed by atoms with Crippen molar-refractivity contribution in [2.75, 3.05) is 7.11 Å². The van der Waals surface area contributed by atoms with Crippen LogP contribution in [0.2, 0.25) is 0 Å². The Labute approximate surface area is 129 Å². The number of carbonyl (C=O) groups is 1. The zero-order valence-electron chi connectivity index (χ0n) is 11.0. The average Bonchev–Trinajstić information content (AvgIpc) is 2.47. The van der Waals surface area contributed by atoms with Crippen molar-refractivity contribution in [1.82, 2.24) is 0 Å². The number of carboxylic acid groups (broad SMARTS) is 1. The van der Waals surface area contributed by atoms with Crippen molar-refractivity contribution >= 4 is 21.9 Å². The molecule has 0 aliphatic carbocycles. The van der Waals surface area contributed by atoms with Gasteiger partial charge in [-0.2, -0.15) is 5.26 Å². The summed E-state index contributed by atoms with van der Waals surface area (Å²) in [5.74, 6) is -0.288. The quantitative estimate of drug-likeness (QED) is 0.909. The number of hydrogen-bond acceptors (Lipinski definition) is 4. The highest BCUT2D eigenvalue weighted by Gasteiger charge is 2.15. The van der Waals surface area contributed by atoms with Crippen molar-refractivity contribution in [2.24, 2.45) is 0 Å². The smallest absolute Gasteiger partial charge is 0.339 e. The lowest BCUT2D eigenvalue weighted by atomic mass is 10.2. The van der Waals surface area contributed by atoms with Crippen LogP contribution in [0, 0.1) is 11.3 Å². The Morgan fingerprint density at radius 3 is 2.62 bits per heavy atom. The molecule has 21 heavy (non-hydrogen) atoms. The zero-order chi connectivity index (χ0) is 15.4. The Kier molecular flexibility index (Phi) is 4.45. The lowest BCUT2D eigenvalue weighted by Gasteiger charge is -2.11. The second-order valence-electron chi connectivity index (χ2n) is 4.02. The van der Waals surface area contributed by atoms with Crippen LogP contribution < -0.4 is 9.47 Å². The van der Waals surface area contributed by atoms with Crippen LogP contribution in [0.25, 0.3) is 0 Å². The standard InChI is InChI=1S/C15H10BrNO4/c1-20-11-4-5-12(15(18)19)14(7-11)21-13-6-10(16)3-2-9(13)8-17/h2-7H,1H3,(H,18,19). The van der Waals surface area contributed by atoms with Crippen molar-refractivity contribution in [3.8, 4) is 23.3 Å². The van der Waals surface area contributed by atoms with E-state index in [1.807, 2.05) is 6.07 Å². The third-order valence-corrected chi connectivity index (χ3v) is 3.20. The van der Waals surface area contributed by atoms with E-state index in [9.17, 15) is 9.90 Å². The SMILES string of the molecule is COc1ccc(C(=O)O)c(Oc2cc(Br)ccc2C#N)c1. The van der Waals surface area contributed by atoms with Crippen LogP contribution in [0.3, 0.4) is 0 Å². The van der Waals surface area contributed by atoms with Crippen LogP contribution in [-0.4, -0.2) is 18.2 Å². The van der Waals surface area contributed by atoms with Crippen LogP contribution in [0.15, 0.2) is 40.9 Å². The van der Waals surface area contributed by atoms with Gasteiger partial charge in [0, 0.05) is 10.5 Å². The van der Waals surface area contributed by atoms with Gasteiger partial charge in [0.15, 0.2) is 0 Å². The summed E-state index contributed by atoms with van der Waals surface area (Å²) in [6, 6.07) is 11.3. The third kappa shape index (κ3) is 3.33. The second-order valence-corrected chi connectivity index (χ2v) is 4.94. The van der Waals surface area contributed by atoms with E-state index in [2.05, 4.69) is 15.9 Å². The highest BCUT2D eigenvalue weighted by Crippen LogP contribution is 2.32. The largest absolute Gasteiger partial charge is 0.497 e. The molecule has 0 atom stereocenters. The van der Waals surface area contributed by atoms with Crippen molar-refractivity contribution in [2.45, 2.75) is 0 Å². The third-order valence-electron chi connectivity index (χ3n) is 2.70. The van der Waals surface area contributed by atoms with Crippen molar-refractivity contribution in [3.63, 3.8) is 0 Å². The van der Waals surface area contributed by atoms with Gasteiger partial charge in [0.2, 0.25) is 0 Å². The van der Waals surface area contributed by atoms with E-state index in [0.717, 1.165) is 4.47 Å². The summed E-state index contributed by atoms with van der Waals surface area (Å²) < 4.78 is 11.4. The predicted octanol–water partition coefficient (Wildman–Crippen LogP) is 3.82. The summed E-state index contributed by atoms with van der Waals surface area (Å²) in [6.07, 6.45) is 0. The maximum absolute atomic E-state index is 11.2. The predicted molar refractivity (Wildman–Crippen MR) is 78.9 cm³/mol. The van der Waals surface area contributed by atoms with E-state index < -0.39 is 5.97 Å². The zero-order valence-corrected chi connectivity index (χ0v) is 12.5. The van der Waals surface area contributed by atoms with E-state index in [1.165, 1.54) is 25.3 Å². The first-order valence-corrected chi connectivity index (χ1v) is 6.63. The highest BCUT2D eigenvalue weighted by molar-refractivity contribution is 9.10. The Bertz CT molecular complexity index is 737. The number of benzene rings is 2. The molecule has 0 aromatic heterocycles. The summed E-state index contributed by atoms with van der Waals surface area (Å²) in [7, 11) is 1.47. The number of ether oxygens (including phenoxy) is 2. The molecule has 2 rings (SSSR count). The number of nitrogens with zero attached hydrogens (tertiary/aromatic N) is 1. The van der Waals surface area contributed by atoms with Crippen molar-refractivity contribution < 1.29 is 19.4 Å². The molecule has 0 spiro atoms. The average molecular weight is 348 g/mol. The monoisotopic (exact) mass is 347 g/mol. The molecule has 1 N–H and O–H groups in total. The van der Waals surface area contributed by atoms with Gasteiger partial charge in [0.1, 0.15) is 28.9 Å². The normalized spacial score (nSPS) is 9.76. The maximum Gasteiger partial charge on any atom is 0.339 e. The number of hydrogen-bond donors (Lipinski definition) is 1. The van der Waals surface area contributed by atoms with Crippen LogP contribution >= 0.6 is 15.9 Å². The minimum atomic E-state index is -1.12. The fourth-order valence-electron chi connectivity index (χ4n) is 1.68. The van der Waals surface area contributed by atoms with E-state index in [0.29, 0.717) is 11.3 Å². The van der Waals surface area contributed by atoms with Gasteiger partial charge >= 0.3 is 5.97 Å². The van der Waals surface area contributed by atoms with Gasteiger partial charge in [-0.1, -0.05) is 15.9 Å². The fraction of sp³-hybridized carbons (Fsp3) is 0.0667. The first-order valence-electron chi connectivity index (χ1n) is 5.84. The van der Waals surface area contributed by atoms with Gasteiger partial charge in [0.05, 0.1) is 12.7 Å². The van der Waals surface area contributed by atoms with Crippen LogP contribution in [0.4, 0.5) is 0 Å². The minimum Gasteiger partial charge on any atom is -0.497 e. The highest BCUT2D eigenvalue weighted by atomic mass is 79.9. The van der Waals surface area contributed by atoms with Gasteiger partial charge < -0.3 is 14.6 Å². The first kappa shape index (κ1) is 14.9. The van der Waals surface area contributed by atoms with Crippen LogP contribution in [0.1, 0.15) is 15.9 Å². The summed E-state index contributed by atoms with van der Waals surface area (Å²) in [4.78, 5) is 11.2. The number of rotatable bonds is 4. The van der Waals surface area contributed by atoms with Gasteiger partial charge in [-0.25, -0.2) is 4.79 Å². The Morgan fingerprint density at radius 1 is 1.24 bits per heavy atom. The number of nitriles is 1. The second kappa shape index (κ2) is 6.29. The number of carboxylic acids is 1. The lowest BCUT2D eigenvalue weighted by molar-refractivity contribution is 0.0694. The van der Waals surface area contributed by atoms with Gasteiger partial charge in [-0.05, 0) is 30.3 Å². The number of aromatic carboxylic acids is 1. The summed E-state index contributed by atoms with van der Waals surface area (Å²) in [6.45, 7) is 0. The molecule has 0 fully saturated rings. The molecule has 106 valence electrons. The number of halogens is 1. The molecule has 0 bridgehead atoms. The van der Waals surface area contributed by atoms with Crippen molar-refractivity contribution in [1.29, 1.82) is 5.26 Å².